The van der Waals surface area contributed by atoms with Crippen molar-refractivity contribution in [2.45, 2.75) is 39.3 Å². The topological polar surface area (TPSA) is 27.1 Å². The van der Waals surface area contributed by atoms with Gasteiger partial charge in [-0.15, -0.1) is 0 Å². The van der Waals surface area contributed by atoms with Crippen LogP contribution < -0.4 is 4.74 Å². The summed E-state index contributed by atoms with van der Waals surface area (Å²) in [6, 6.07) is 7.72. The van der Waals surface area contributed by atoms with Gasteiger partial charge in [0.25, 0.3) is 0 Å². The van der Waals surface area contributed by atoms with Crippen molar-refractivity contribution < 1.29 is 13.5 Å². The minimum absolute atomic E-state index is 0.0278. The van der Waals surface area contributed by atoms with Gasteiger partial charge in [-0.3, -0.25) is 4.57 Å². The summed E-state index contributed by atoms with van der Waals surface area (Å²) in [6.07, 6.45) is 3.66. The molecule has 3 nitrogen and oxygen atoms in total. The van der Waals surface area contributed by atoms with E-state index in [-0.39, 0.29) is 12.4 Å². The van der Waals surface area contributed by atoms with Crippen molar-refractivity contribution in [3.05, 3.63) is 48.0 Å². The summed E-state index contributed by atoms with van der Waals surface area (Å²) in [5, 5.41) is 0. The summed E-state index contributed by atoms with van der Waals surface area (Å²) >= 11 is 0. The first-order valence-electron chi connectivity index (χ1n) is 6.64. The molecule has 1 aromatic carbocycles. The third-order valence-electron chi connectivity index (χ3n) is 3.39. The lowest BCUT2D eigenvalue weighted by molar-refractivity contribution is 0.0632. The van der Waals surface area contributed by atoms with E-state index in [1.165, 1.54) is 18.0 Å². The molecule has 1 unspecified atom stereocenters. The van der Waals surface area contributed by atoms with Gasteiger partial charge in [-0.05, 0) is 30.0 Å². The van der Waals surface area contributed by atoms with E-state index in [4.69, 9.17) is 4.74 Å². The zero-order valence-electron chi connectivity index (χ0n) is 11.6. The van der Waals surface area contributed by atoms with Crippen LogP contribution in [0, 0.1) is 0 Å². The zero-order valence-corrected chi connectivity index (χ0v) is 11.6. The van der Waals surface area contributed by atoms with E-state index < -0.39 is 6.55 Å². The summed E-state index contributed by atoms with van der Waals surface area (Å²) < 4.78 is 31.6. The molecule has 0 saturated carbocycles. The Balaban J connectivity index is 1.99. The highest BCUT2D eigenvalue weighted by molar-refractivity contribution is 5.29. The smallest absolute Gasteiger partial charge is 0.320 e. The van der Waals surface area contributed by atoms with Crippen LogP contribution in [0.15, 0.2) is 36.7 Å². The fraction of sp³-hybridized carbons (Fsp3) is 0.400. The SMILES string of the molecule is CCC(C)c1ccc(OCc2nccn2C(F)F)cc1. The normalized spacial score (nSPS) is 12.7. The molecule has 0 fully saturated rings. The Bertz CT molecular complexity index is 537. The summed E-state index contributed by atoms with van der Waals surface area (Å²) in [5.41, 5.74) is 1.24. The van der Waals surface area contributed by atoms with Gasteiger partial charge in [0, 0.05) is 12.4 Å². The highest BCUT2D eigenvalue weighted by Gasteiger charge is 2.11. The third-order valence-corrected chi connectivity index (χ3v) is 3.39. The molecule has 1 atom stereocenters. The van der Waals surface area contributed by atoms with Crippen LogP contribution >= 0.6 is 0 Å². The minimum Gasteiger partial charge on any atom is -0.486 e. The Kier molecular flexibility index (Phi) is 4.71. The molecule has 20 heavy (non-hydrogen) atoms. The molecule has 2 rings (SSSR count). The number of ether oxygens (including phenoxy) is 1. The molecule has 108 valence electrons. The van der Waals surface area contributed by atoms with E-state index in [1.807, 2.05) is 24.3 Å². The first kappa shape index (κ1) is 14.5. The van der Waals surface area contributed by atoms with E-state index in [1.54, 1.807) is 0 Å². The van der Waals surface area contributed by atoms with Gasteiger partial charge in [-0.25, -0.2) is 4.98 Å². The molecule has 2 aromatic rings. The quantitative estimate of drug-likeness (QED) is 0.785. The maximum Gasteiger partial charge on any atom is 0.320 e. The fourth-order valence-corrected chi connectivity index (χ4v) is 1.91. The van der Waals surface area contributed by atoms with Crippen LogP contribution in [0.25, 0.3) is 0 Å². The molecule has 0 N–H and O–H groups in total. The first-order chi connectivity index (χ1) is 9.61. The minimum atomic E-state index is -2.59. The number of rotatable bonds is 6. The second-order valence-corrected chi connectivity index (χ2v) is 4.70. The fourth-order valence-electron chi connectivity index (χ4n) is 1.91. The van der Waals surface area contributed by atoms with Crippen LogP contribution in [0.2, 0.25) is 0 Å². The van der Waals surface area contributed by atoms with E-state index in [2.05, 4.69) is 18.8 Å². The van der Waals surface area contributed by atoms with Gasteiger partial charge < -0.3 is 4.74 Å². The monoisotopic (exact) mass is 280 g/mol. The maximum atomic E-state index is 12.6. The highest BCUT2D eigenvalue weighted by atomic mass is 19.3. The number of hydrogen-bond acceptors (Lipinski definition) is 2. The molecule has 0 bridgehead atoms. The van der Waals surface area contributed by atoms with Crippen molar-refractivity contribution in [3.8, 4) is 5.75 Å². The lowest BCUT2D eigenvalue weighted by Gasteiger charge is -2.11. The van der Waals surface area contributed by atoms with Gasteiger partial charge in [0.1, 0.15) is 12.4 Å². The standard InChI is InChI=1S/C15H18F2N2O/c1-3-11(2)12-4-6-13(7-5-12)20-10-14-18-8-9-19(14)15(16)17/h4-9,11,15H,3,10H2,1-2H3. The van der Waals surface area contributed by atoms with Crippen LogP contribution in [0.3, 0.4) is 0 Å². The Hall–Kier alpha value is -1.91. The van der Waals surface area contributed by atoms with Crippen molar-refractivity contribution in [3.63, 3.8) is 0 Å². The lowest BCUT2D eigenvalue weighted by Crippen LogP contribution is -2.07. The second-order valence-electron chi connectivity index (χ2n) is 4.70. The zero-order chi connectivity index (χ0) is 14.5. The number of halogens is 2. The number of hydrogen-bond donors (Lipinski definition) is 0. The number of benzene rings is 1. The molecule has 0 aliphatic carbocycles. The molecule has 0 radical (unpaired) electrons. The molecular formula is C15H18F2N2O. The van der Waals surface area contributed by atoms with Crippen LogP contribution in [0.5, 0.6) is 5.75 Å². The number of nitrogens with zero attached hydrogens (tertiary/aromatic N) is 2. The second kappa shape index (κ2) is 6.50. The van der Waals surface area contributed by atoms with Gasteiger partial charge in [0.2, 0.25) is 0 Å². The van der Waals surface area contributed by atoms with Crippen molar-refractivity contribution in [2.75, 3.05) is 0 Å². The lowest BCUT2D eigenvalue weighted by atomic mass is 9.99. The Labute approximate surface area is 117 Å². The Morgan fingerprint density at radius 1 is 1.25 bits per heavy atom. The van der Waals surface area contributed by atoms with E-state index in [0.29, 0.717) is 11.7 Å². The summed E-state index contributed by atoms with van der Waals surface area (Å²) in [7, 11) is 0. The van der Waals surface area contributed by atoms with Crippen molar-refractivity contribution in [2.24, 2.45) is 0 Å². The summed E-state index contributed by atoms with van der Waals surface area (Å²) in [4.78, 5) is 3.87. The third kappa shape index (κ3) is 3.35. The van der Waals surface area contributed by atoms with Gasteiger partial charge in [-0.2, -0.15) is 8.78 Å². The summed E-state index contributed by atoms with van der Waals surface area (Å²) in [5.74, 6) is 1.37. The van der Waals surface area contributed by atoms with Gasteiger partial charge >= 0.3 is 6.55 Å². The molecule has 0 amide bonds. The molecule has 1 heterocycles. The van der Waals surface area contributed by atoms with Crippen LogP contribution in [0.4, 0.5) is 8.78 Å². The molecule has 0 aliphatic heterocycles. The van der Waals surface area contributed by atoms with Gasteiger partial charge in [0.05, 0.1) is 0 Å². The highest BCUT2D eigenvalue weighted by Crippen LogP contribution is 2.22. The average Bonchev–Trinajstić information content (AvgIpc) is 2.93. The molecule has 5 heteroatoms. The molecule has 0 aliphatic rings. The molecule has 0 saturated heterocycles. The Morgan fingerprint density at radius 3 is 2.55 bits per heavy atom. The van der Waals surface area contributed by atoms with E-state index in [0.717, 1.165) is 11.0 Å². The van der Waals surface area contributed by atoms with E-state index >= 15 is 0 Å². The van der Waals surface area contributed by atoms with E-state index in [9.17, 15) is 8.78 Å². The molecule has 1 aromatic heterocycles. The largest absolute Gasteiger partial charge is 0.486 e. The van der Waals surface area contributed by atoms with Crippen molar-refractivity contribution in [1.29, 1.82) is 0 Å². The maximum absolute atomic E-state index is 12.6. The van der Waals surface area contributed by atoms with Gasteiger partial charge in [-0.1, -0.05) is 26.0 Å². The predicted octanol–water partition coefficient (Wildman–Crippen LogP) is 4.37. The van der Waals surface area contributed by atoms with Crippen LogP contribution in [0.1, 0.15) is 44.1 Å². The van der Waals surface area contributed by atoms with Gasteiger partial charge in [0.15, 0.2) is 5.82 Å². The first-order valence-corrected chi connectivity index (χ1v) is 6.64. The average molecular weight is 280 g/mol. The summed E-state index contributed by atoms with van der Waals surface area (Å²) in [6.45, 7) is 1.73. The molecule has 0 spiro atoms. The van der Waals surface area contributed by atoms with Crippen LogP contribution in [-0.2, 0) is 6.61 Å². The number of imidazole rings is 1. The van der Waals surface area contributed by atoms with Crippen LogP contribution in [-0.4, -0.2) is 9.55 Å². The Morgan fingerprint density at radius 2 is 1.95 bits per heavy atom. The predicted molar refractivity (Wildman–Crippen MR) is 73.0 cm³/mol. The molecular weight excluding hydrogens is 262 g/mol. The van der Waals surface area contributed by atoms with Crippen molar-refractivity contribution >= 4 is 0 Å². The number of alkyl halides is 2. The number of aromatic nitrogens is 2. The van der Waals surface area contributed by atoms with Crippen molar-refractivity contribution in [1.82, 2.24) is 9.55 Å².